The van der Waals surface area contributed by atoms with Gasteiger partial charge in [-0.2, -0.15) is 0 Å². The Morgan fingerprint density at radius 3 is 2.70 bits per heavy atom. The van der Waals surface area contributed by atoms with Crippen molar-refractivity contribution in [2.75, 3.05) is 0 Å². The van der Waals surface area contributed by atoms with E-state index < -0.39 is 17.9 Å². The molecule has 1 aromatic heterocycles. The Morgan fingerprint density at radius 1 is 1.39 bits per heavy atom. The molecule has 1 aliphatic rings. The van der Waals surface area contributed by atoms with Gasteiger partial charge in [-0.15, -0.1) is 5.10 Å². The van der Waals surface area contributed by atoms with E-state index in [0.717, 1.165) is 12.8 Å². The number of carboxylic acid groups (broad SMARTS) is 1. The number of rotatable bonds is 5. The van der Waals surface area contributed by atoms with E-state index in [9.17, 15) is 14.7 Å². The van der Waals surface area contributed by atoms with Crippen molar-refractivity contribution in [2.45, 2.75) is 31.8 Å². The molecule has 23 heavy (non-hydrogen) atoms. The first-order valence-corrected chi connectivity index (χ1v) is 7.59. The van der Waals surface area contributed by atoms with Crippen LogP contribution >= 0.6 is 11.6 Å². The monoisotopic (exact) mass is 334 g/mol. The molecule has 120 valence electrons. The van der Waals surface area contributed by atoms with Crippen molar-refractivity contribution in [1.29, 1.82) is 0 Å². The van der Waals surface area contributed by atoms with Gasteiger partial charge in [-0.1, -0.05) is 28.9 Å². The Balaban J connectivity index is 1.88. The molecule has 1 N–H and O–H groups in total. The molecule has 0 saturated heterocycles. The maximum Gasteiger partial charge on any atom is 0.326 e. The summed E-state index contributed by atoms with van der Waals surface area (Å²) in [5, 5.41) is 17.5. The third-order valence-corrected chi connectivity index (χ3v) is 4.08. The van der Waals surface area contributed by atoms with Crippen molar-refractivity contribution in [3.8, 4) is 5.69 Å². The highest BCUT2D eigenvalue weighted by Crippen LogP contribution is 2.30. The number of hydrogen-bond acceptors (Lipinski definition) is 4. The summed E-state index contributed by atoms with van der Waals surface area (Å²) in [5.74, 6) is -1.47. The third-order valence-electron chi connectivity index (χ3n) is 3.76. The molecule has 8 heteroatoms. The Hall–Kier alpha value is -2.41. The first-order valence-electron chi connectivity index (χ1n) is 7.21. The van der Waals surface area contributed by atoms with Crippen LogP contribution in [0.4, 0.5) is 0 Å². The lowest BCUT2D eigenvalue weighted by molar-refractivity contribution is -0.141. The summed E-state index contributed by atoms with van der Waals surface area (Å²) in [4.78, 5) is 25.2. The van der Waals surface area contributed by atoms with Gasteiger partial charge in [0.2, 0.25) is 0 Å². The zero-order valence-electron chi connectivity index (χ0n) is 12.4. The Morgan fingerprint density at radius 2 is 2.09 bits per heavy atom. The summed E-state index contributed by atoms with van der Waals surface area (Å²) in [7, 11) is 0. The second kappa shape index (κ2) is 6.00. The highest BCUT2D eigenvalue weighted by Gasteiger charge is 2.39. The molecular weight excluding hydrogens is 320 g/mol. The van der Waals surface area contributed by atoms with Crippen LogP contribution in [0.25, 0.3) is 5.69 Å². The third kappa shape index (κ3) is 3.05. The smallest absolute Gasteiger partial charge is 0.326 e. The van der Waals surface area contributed by atoms with Gasteiger partial charge in [0.1, 0.15) is 6.04 Å². The molecule has 0 spiro atoms. The average Bonchev–Trinajstić information content (AvgIpc) is 3.23. The minimum absolute atomic E-state index is 0.0425. The van der Waals surface area contributed by atoms with Crippen LogP contribution in [-0.2, 0) is 4.79 Å². The number of carbonyl (C=O) groups is 2. The summed E-state index contributed by atoms with van der Waals surface area (Å²) >= 11 is 6.10. The van der Waals surface area contributed by atoms with Crippen molar-refractivity contribution >= 4 is 23.5 Å². The molecule has 1 aromatic carbocycles. The number of carbonyl (C=O) groups excluding carboxylic acids is 1. The Bertz CT molecular complexity index is 757. The predicted octanol–water partition coefficient (Wildman–Crippen LogP) is 2.00. The van der Waals surface area contributed by atoms with E-state index in [1.165, 1.54) is 22.7 Å². The van der Waals surface area contributed by atoms with Gasteiger partial charge in [0.15, 0.2) is 5.69 Å². The molecule has 1 aliphatic carbocycles. The van der Waals surface area contributed by atoms with E-state index >= 15 is 0 Å². The second-order valence-electron chi connectivity index (χ2n) is 5.46. The van der Waals surface area contributed by atoms with Crippen molar-refractivity contribution in [3.05, 3.63) is 41.2 Å². The zero-order valence-corrected chi connectivity index (χ0v) is 13.1. The number of nitrogens with zero attached hydrogens (tertiary/aromatic N) is 4. The molecule has 1 amide bonds. The van der Waals surface area contributed by atoms with Gasteiger partial charge < -0.3 is 10.0 Å². The van der Waals surface area contributed by atoms with Gasteiger partial charge in [-0.3, -0.25) is 4.79 Å². The molecule has 1 unspecified atom stereocenters. The van der Waals surface area contributed by atoms with Crippen LogP contribution in [-0.4, -0.2) is 49.0 Å². The maximum absolute atomic E-state index is 12.6. The minimum atomic E-state index is -1.04. The van der Waals surface area contributed by atoms with Gasteiger partial charge >= 0.3 is 5.97 Å². The fraction of sp³-hybridized carbons (Fsp3) is 0.333. The summed E-state index contributed by atoms with van der Waals surface area (Å²) in [6, 6.07) is 6.11. The minimum Gasteiger partial charge on any atom is -0.480 e. The van der Waals surface area contributed by atoms with Crippen LogP contribution in [0.5, 0.6) is 0 Å². The van der Waals surface area contributed by atoms with Crippen molar-refractivity contribution < 1.29 is 14.7 Å². The van der Waals surface area contributed by atoms with Gasteiger partial charge in [0.25, 0.3) is 5.91 Å². The fourth-order valence-corrected chi connectivity index (χ4v) is 2.60. The van der Waals surface area contributed by atoms with E-state index in [0.29, 0.717) is 10.7 Å². The van der Waals surface area contributed by atoms with Crippen molar-refractivity contribution in [3.63, 3.8) is 0 Å². The maximum atomic E-state index is 12.6. The van der Waals surface area contributed by atoms with Crippen molar-refractivity contribution in [1.82, 2.24) is 19.9 Å². The SMILES string of the molecule is CC(C(=O)O)N(C(=O)c1cn(-c2ccccc2Cl)nn1)C1CC1. The molecule has 1 heterocycles. The normalized spacial score (nSPS) is 15.2. The van der Waals surface area contributed by atoms with Crippen LogP contribution in [0.1, 0.15) is 30.3 Å². The standard InChI is InChI=1S/C15H15ClN4O3/c1-9(15(22)23)20(10-6-7-10)14(21)12-8-19(18-17-12)13-5-3-2-4-11(13)16/h2-5,8-10H,6-7H2,1H3,(H,22,23). The lowest BCUT2D eigenvalue weighted by Gasteiger charge is -2.25. The Labute approximate surface area is 137 Å². The van der Waals surface area contributed by atoms with E-state index in [1.807, 2.05) is 0 Å². The number of aliphatic carboxylic acids is 1. The number of carboxylic acids is 1. The van der Waals surface area contributed by atoms with Crippen molar-refractivity contribution in [2.24, 2.45) is 0 Å². The van der Waals surface area contributed by atoms with Gasteiger partial charge in [-0.05, 0) is 31.9 Å². The largest absolute Gasteiger partial charge is 0.480 e. The van der Waals surface area contributed by atoms with E-state index in [-0.39, 0.29) is 11.7 Å². The van der Waals surface area contributed by atoms with Gasteiger partial charge in [-0.25, -0.2) is 9.48 Å². The summed E-state index contributed by atoms with van der Waals surface area (Å²) in [6.07, 6.45) is 3.08. The molecular formula is C15H15ClN4O3. The number of halogens is 1. The number of amides is 1. The number of hydrogen-bond donors (Lipinski definition) is 1. The molecule has 1 fully saturated rings. The first kappa shape index (κ1) is 15.5. The van der Waals surface area contributed by atoms with E-state index in [1.54, 1.807) is 24.3 Å². The molecule has 0 bridgehead atoms. The van der Waals surface area contributed by atoms with Gasteiger partial charge in [0.05, 0.1) is 16.9 Å². The number of para-hydroxylation sites is 1. The highest BCUT2D eigenvalue weighted by atomic mass is 35.5. The lowest BCUT2D eigenvalue weighted by atomic mass is 10.2. The first-order chi connectivity index (χ1) is 11.0. The molecule has 2 aromatic rings. The summed E-state index contributed by atoms with van der Waals surface area (Å²) in [6.45, 7) is 1.50. The van der Waals surface area contributed by atoms with Crippen LogP contribution in [0.2, 0.25) is 5.02 Å². The van der Waals surface area contributed by atoms with E-state index in [2.05, 4.69) is 10.3 Å². The molecule has 7 nitrogen and oxygen atoms in total. The predicted molar refractivity (Wildman–Crippen MR) is 82.7 cm³/mol. The average molecular weight is 335 g/mol. The molecule has 3 rings (SSSR count). The molecule has 1 atom stereocenters. The number of aromatic nitrogens is 3. The quantitative estimate of drug-likeness (QED) is 0.903. The molecule has 0 aliphatic heterocycles. The van der Waals surface area contributed by atoms with E-state index in [4.69, 9.17) is 11.6 Å². The number of benzene rings is 1. The Kier molecular flexibility index (Phi) is 4.04. The topological polar surface area (TPSA) is 88.3 Å². The highest BCUT2D eigenvalue weighted by molar-refractivity contribution is 6.32. The van der Waals surface area contributed by atoms with Crippen LogP contribution in [0.3, 0.4) is 0 Å². The summed E-state index contributed by atoms with van der Waals surface area (Å²) < 4.78 is 1.41. The van der Waals surface area contributed by atoms with Crippen LogP contribution in [0, 0.1) is 0 Å². The van der Waals surface area contributed by atoms with Crippen LogP contribution < -0.4 is 0 Å². The summed E-state index contributed by atoms with van der Waals surface area (Å²) in [5.41, 5.74) is 0.704. The molecule has 1 saturated carbocycles. The lowest BCUT2D eigenvalue weighted by Crippen LogP contribution is -2.44. The van der Waals surface area contributed by atoms with Crippen LogP contribution in [0.15, 0.2) is 30.5 Å². The second-order valence-corrected chi connectivity index (χ2v) is 5.86. The molecule has 0 radical (unpaired) electrons. The zero-order chi connectivity index (χ0) is 16.6. The fourth-order valence-electron chi connectivity index (χ4n) is 2.38. The van der Waals surface area contributed by atoms with Gasteiger partial charge in [0, 0.05) is 6.04 Å².